The fourth-order valence-corrected chi connectivity index (χ4v) is 2.84. The monoisotopic (exact) mass is 333 g/mol. The Morgan fingerprint density at radius 3 is 2.96 bits per heavy atom. The molecule has 4 amide bonds. The van der Waals surface area contributed by atoms with Gasteiger partial charge in [-0.25, -0.2) is 4.79 Å². The molecular weight excluding hydrogens is 314 g/mol. The number of nitrogens with zero attached hydrogens (tertiary/aromatic N) is 1. The number of benzene rings is 1. The smallest absolute Gasteiger partial charge is 0.322 e. The van der Waals surface area contributed by atoms with Crippen LogP contribution in [-0.2, 0) is 16.1 Å². The van der Waals surface area contributed by atoms with Crippen molar-refractivity contribution in [2.45, 2.75) is 25.4 Å². The minimum atomic E-state index is -0.809. The molecule has 1 atom stereocenters. The minimum Gasteiger partial charge on any atom is -0.493 e. The number of carbonyl (C=O) groups is 3. The Morgan fingerprint density at radius 1 is 1.42 bits per heavy atom. The number of nitrogens with one attached hydrogen (secondary N) is 2. The topological polar surface area (TPSA) is 97.0 Å². The number of fused-ring (bicyclic) bond motifs is 1. The van der Waals surface area contributed by atoms with E-state index in [4.69, 9.17) is 9.47 Å². The molecule has 0 saturated carbocycles. The predicted molar refractivity (Wildman–Crippen MR) is 83.6 cm³/mol. The summed E-state index contributed by atoms with van der Waals surface area (Å²) in [6.45, 7) is 1.36. The largest absolute Gasteiger partial charge is 0.493 e. The van der Waals surface area contributed by atoms with Crippen LogP contribution in [0.25, 0.3) is 0 Å². The molecule has 3 rings (SSSR count). The Kier molecular flexibility index (Phi) is 4.54. The average Bonchev–Trinajstić information content (AvgIpc) is 2.84. The number of amides is 4. The highest BCUT2D eigenvalue weighted by atomic mass is 16.5. The van der Waals surface area contributed by atoms with Crippen molar-refractivity contribution in [2.24, 2.45) is 0 Å². The Bertz CT molecular complexity index is 676. The molecule has 0 radical (unpaired) electrons. The zero-order valence-electron chi connectivity index (χ0n) is 13.3. The van der Waals surface area contributed by atoms with Crippen LogP contribution in [0.4, 0.5) is 4.79 Å². The molecule has 0 unspecified atom stereocenters. The zero-order valence-corrected chi connectivity index (χ0v) is 13.3. The molecule has 1 aromatic rings. The van der Waals surface area contributed by atoms with E-state index >= 15 is 0 Å². The van der Waals surface area contributed by atoms with E-state index in [1.165, 1.54) is 0 Å². The SMILES string of the molecule is COc1cccc2c1OCCCN(C(=O)C[C@@H]1NC(=O)NC1=O)C2. The zero-order chi connectivity index (χ0) is 17.1. The molecule has 0 aliphatic carbocycles. The van der Waals surface area contributed by atoms with Gasteiger partial charge in [0.1, 0.15) is 6.04 Å². The predicted octanol–water partition coefficient (Wildman–Crippen LogP) is 0.404. The van der Waals surface area contributed by atoms with E-state index in [0.717, 1.165) is 5.56 Å². The second-order valence-electron chi connectivity index (χ2n) is 5.69. The first-order chi connectivity index (χ1) is 11.6. The van der Waals surface area contributed by atoms with Crippen LogP contribution in [0.15, 0.2) is 18.2 Å². The van der Waals surface area contributed by atoms with E-state index in [9.17, 15) is 14.4 Å². The van der Waals surface area contributed by atoms with Gasteiger partial charge in [-0.15, -0.1) is 0 Å². The van der Waals surface area contributed by atoms with Crippen LogP contribution in [0.5, 0.6) is 11.5 Å². The summed E-state index contributed by atoms with van der Waals surface area (Å²) in [5, 5.41) is 4.58. The molecule has 8 nitrogen and oxygen atoms in total. The highest BCUT2D eigenvalue weighted by molar-refractivity contribution is 6.05. The molecule has 2 heterocycles. The number of rotatable bonds is 3. The van der Waals surface area contributed by atoms with Crippen molar-refractivity contribution in [2.75, 3.05) is 20.3 Å². The molecule has 8 heteroatoms. The lowest BCUT2D eigenvalue weighted by Gasteiger charge is -2.28. The number of ether oxygens (including phenoxy) is 2. The third-order valence-electron chi connectivity index (χ3n) is 4.05. The van der Waals surface area contributed by atoms with Gasteiger partial charge in [0.05, 0.1) is 20.1 Å². The Morgan fingerprint density at radius 2 is 2.25 bits per heavy atom. The molecule has 1 saturated heterocycles. The van der Waals surface area contributed by atoms with E-state index < -0.39 is 18.0 Å². The van der Waals surface area contributed by atoms with Gasteiger partial charge in [-0.1, -0.05) is 12.1 Å². The number of carbonyl (C=O) groups excluding carboxylic acids is 3. The maximum Gasteiger partial charge on any atom is 0.322 e. The highest BCUT2D eigenvalue weighted by Gasteiger charge is 2.33. The van der Waals surface area contributed by atoms with E-state index in [1.54, 1.807) is 12.0 Å². The minimum absolute atomic E-state index is 0.0578. The first kappa shape index (κ1) is 16.1. The van der Waals surface area contributed by atoms with Crippen LogP contribution in [0.2, 0.25) is 0 Å². The summed E-state index contributed by atoms with van der Waals surface area (Å²) >= 11 is 0. The number of urea groups is 1. The fraction of sp³-hybridized carbons (Fsp3) is 0.438. The van der Waals surface area contributed by atoms with Gasteiger partial charge in [0.2, 0.25) is 5.91 Å². The Hall–Kier alpha value is -2.77. The third kappa shape index (κ3) is 3.27. The van der Waals surface area contributed by atoms with E-state index in [-0.39, 0.29) is 12.3 Å². The quantitative estimate of drug-likeness (QED) is 0.781. The second kappa shape index (κ2) is 6.77. The summed E-state index contributed by atoms with van der Waals surface area (Å²) in [5.74, 6) is 0.618. The van der Waals surface area contributed by atoms with Crippen molar-refractivity contribution in [3.8, 4) is 11.5 Å². The standard InChI is InChI=1S/C16H19N3O5/c1-23-12-5-2-4-10-9-19(6-3-7-24-14(10)12)13(20)8-11-15(21)18-16(22)17-11/h2,4-5,11H,3,6-9H2,1H3,(H2,17,18,21,22)/t11-/m0/s1. The molecule has 0 bridgehead atoms. The molecule has 0 spiro atoms. The van der Waals surface area contributed by atoms with Crippen LogP contribution in [0, 0.1) is 0 Å². The summed E-state index contributed by atoms with van der Waals surface area (Å²) < 4.78 is 11.1. The Labute approximate surface area is 139 Å². The number of hydrogen-bond acceptors (Lipinski definition) is 5. The Balaban J connectivity index is 1.75. The lowest BCUT2D eigenvalue weighted by molar-refractivity contribution is -0.134. The van der Waals surface area contributed by atoms with Gasteiger partial charge in [0.15, 0.2) is 11.5 Å². The van der Waals surface area contributed by atoms with Crippen LogP contribution in [-0.4, -0.2) is 49.0 Å². The first-order valence-corrected chi connectivity index (χ1v) is 7.76. The van der Waals surface area contributed by atoms with Gasteiger partial charge in [0.25, 0.3) is 5.91 Å². The van der Waals surface area contributed by atoms with E-state index in [0.29, 0.717) is 37.6 Å². The summed E-state index contributed by atoms with van der Waals surface area (Å²) in [4.78, 5) is 37.0. The van der Waals surface area contributed by atoms with Crippen LogP contribution < -0.4 is 20.1 Å². The van der Waals surface area contributed by atoms with Gasteiger partial charge < -0.3 is 19.7 Å². The van der Waals surface area contributed by atoms with Crippen molar-refractivity contribution >= 4 is 17.8 Å². The maximum atomic E-state index is 12.6. The molecular formula is C16H19N3O5. The van der Waals surface area contributed by atoms with Gasteiger partial charge in [-0.05, 0) is 12.5 Å². The summed E-state index contributed by atoms with van der Waals surface area (Å²) in [5.41, 5.74) is 0.849. The molecule has 0 aromatic heterocycles. The van der Waals surface area contributed by atoms with Crippen molar-refractivity contribution in [1.29, 1.82) is 0 Å². The van der Waals surface area contributed by atoms with Crippen molar-refractivity contribution < 1.29 is 23.9 Å². The molecule has 2 N–H and O–H groups in total. The number of para-hydroxylation sites is 1. The third-order valence-corrected chi connectivity index (χ3v) is 4.05. The van der Waals surface area contributed by atoms with E-state index in [2.05, 4.69) is 10.6 Å². The van der Waals surface area contributed by atoms with Gasteiger partial charge in [-0.3, -0.25) is 14.9 Å². The number of methoxy groups -OCH3 is 1. The average molecular weight is 333 g/mol. The molecule has 1 aromatic carbocycles. The lowest BCUT2D eigenvalue weighted by atomic mass is 10.1. The van der Waals surface area contributed by atoms with Gasteiger partial charge in [-0.2, -0.15) is 0 Å². The summed E-state index contributed by atoms with van der Waals surface area (Å²) in [6.07, 6.45) is 0.615. The maximum absolute atomic E-state index is 12.6. The fourth-order valence-electron chi connectivity index (χ4n) is 2.84. The van der Waals surface area contributed by atoms with Crippen molar-refractivity contribution in [3.05, 3.63) is 23.8 Å². The lowest BCUT2D eigenvalue weighted by Crippen LogP contribution is -2.39. The van der Waals surface area contributed by atoms with Crippen LogP contribution >= 0.6 is 0 Å². The van der Waals surface area contributed by atoms with Crippen LogP contribution in [0.3, 0.4) is 0 Å². The molecule has 2 aliphatic rings. The molecule has 1 fully saturated rings. The molecule has 128 valence electrons. The second-order valence-corrected chi connectivity index (χ2v) is 5.69. The summed E-state index contributed by atoms with van der Waals surface area (Å²) in [6, 6.07) is 4.17. The number of imide groups is 1. The van der Waals surface area contributed by atoms with E-state index in [1.807, 2.05) is 18.2 Å². The number of hydrogen-bond donors (Lipinski definition) is 2. The van der Waals surface area contributed by atoms with Crippen molar-refractivity contribution in [3.63, 3.8) is 0 Å². The molecule has 24 heavy (non-hydrogen) atoms. The van der Waals surface area contributed by atoms with Gasteiger partial charge >= 0.3 is 6.03 Å². The van der Waals surface area contributed by atoms with Crippen LogP contribution in [0.1, 0.15) is 18.4 Å². The molecule has 2 aliphatic heterocycles. The summed E-state index contributed by atoms with van der Waals surface area (Å²) in [7, 11) is 1.57. The van der Waals surface area contributed by atoms with Crippen molar-refractivity contribution in [1.82, 2.24) is 15.5 Å². The first-order valence-electron chi connectivity index (χ1n) is 7.76. The normalized spacial score (nSPS) is 20.2. The van der Waals surface area contributed by atoms with Gasteiger partial charge in [0, 0.05) is 18.7 Å². The highest BCUT2D eigenvalue weighted by Crippen LogP contribution is 2.33.